The number of rotatable bonds is 3. The van der Waals surface area contributed by atoms with Crippen molar-refractivity contribution < 1.29 is 0 Å². The average molecular weight is 216 g/mol. The van der Waals surface area contributed by atoms with Gasteiger partial charge in [0.15, 0.2) is 0 Å². The van der Waals surface area contributed by atoms with Gasteiger partial charge in [-0.15, -0.1) is 0 Å². The van der Waals surface area contributed by atoms with Crippen LogP contribution in [0.5, 0.6) is 0 Å². The molecule has 0 radical (unpaired) electrons. The van der Waals surface area contributed by atoms with E-state index in [1.807, 2.05) is 30.0 Å². The van der Waals surface area contributed by atoms with E-state index in [-0.39, 0.29) is 0 Å². The number of halogens is 1. The van der Waals surface area contributed by atoms with E-state index in [2.05, 4.69) is 13.8 Å². The van der Waals surface area contributed by atoms with Gasteiger partial charge in [0.25, 0.3) is 0 Å². The first kappa shape index (κ1) is 10.7. The second kappa shape index (κ2) is 4.77. The summed E-state index contributed by atoms with van der Waals surface area (Å²) in [4.78, 5) is 0. The predicted octanol–water partition coefficient (Wildman–Crippen LogP) is 3.56. The van der Waals surface area contributed by atoms with E-state index in [0.29, 0.717) is 5.25 Å². The molecule has 2 N–H and O–H groups in total. The zero-order chi connectivity index (χ0) is 9.84. The number of hydrogen-bond acceptors (Lipinski definition) is 2. The van der Waals surface area contributed by atoms with Gasteiger partial charge in [-0.3, -0.25) is 0 Å². The molecule has 0 aliphatic rings. The fourth-order valence-corrected chi connectivity index (χ4v) is 1.91. The first-order valence-corrected chi connectivity index (χ1v) is 5.68. The van der Waals surface area contributed by atoms with Crippen molar-refractivity contribution in [1.29, 1.82) is 0 Å². The molecule has 1 rings (SSSR count). The van der Waals surface area contributed by atoms with Crippen LogP contribution in [-0.2, 0) is 5.75 Å². The van der Waals surface area contributed by atoms with Crippen molar-refractivity contribution in [3.8, 4) is 0 Å². The first-order chi connectivity index (χ1) is 6.09. The van der Waals surface area contributed by atoms with Crippen molar-refractivity contribution in [3.05, 3.63) is 28.8 Å². The summed E-state index contributed by atoms with van der Waals surface area (Å²) in [6, 6.07) is 5.62. The van der Waals surface area contributed by atoms with Crippen LogP contribution in [0.15, 0.2) is 18.2 Å². The van der Waals surface area contributed by atoms with Gasteiger partial charge in [-0.05, 0) is 29.0 Å². The molecule has 0 atom stereocenters. The molecule has 0 aliphatic carbocycles. The summed E-state index contributed by atoms with van der Waals surface area (Å²) in [6.07, 6.45) is 0. The SMILES string of the molecule is CC(C)SCc1cc(Cl)ccc1N. The first-order valence-electron chi connectivity index (χ1n) is 4.25. The number of anilines is 1. The molecule has 0 aromatic heterocycles. The molecule has 1 nitrogen and oxygen atoms in total. The fraction of sp³-hybridized carbons (Fsp3) is 0.400. The van der Waals surface area contributed by atoms with Crippen LogP contribution in [0.1, 0.15) is 19.4 Å². The molecule has 0 fully saturated rings. The van der Waals surface area contributed by atoms with Crippen molar-refractivity contribution in [3.63, 3.8) is 0 Å². The van der Waals surface area contributed by atoms with Crippen LogP contribution >= 0.6 is 23.4 Å². The lowest BCUT2D eigenvalue weighted by Gasteiger charge is -2.07. The topological polar surface area (TPSA) is 26.0 Å². The molecule has 72 valence electrons. The van der Waals surface area contributed by atoms with E-state index in [4.69, 9.17) is 17.3 Å². The third kappa shape index (κ3) is 3.49. The third-order valence-electron chi connectivity index (χ3n) is 1.68. The van der Waals surface area contributed by atoms with Gasteiger partial charge in [0.05, 0.1) is 0 Å². The molecule has 13 heavy (non-hydrogen) atoms. The Kier molecular flexibility index (Phi) is 3.94. The minimum absolute atomic E-state index is 0.624. The molecular formula is C10H14ClNS. The van der Waals surface area contributed by atoms with Crippen LogP contribution in [-0.4, -0.2) is 5.25 Å². The van der Waals surface area contributed by atoms with Gasteiger partial charge in [0.2, 0.25) is 0 Å². The molecule has 0 spiro atoms. The monoisotopic (exact) mass is 215 g/mol. The Bertz CT molecular complexity index is 286. The number of thioether (sulfide) groups is 1. The number of benzene rings is 1. The van der Waals surface area contributed by atoms with Gasteiger partial charge in [-0.1, -0.05) is 25.4 Å². The Morgan fingerprint density at radius 1 is 1.46 bits per heavy atom. The average Bonchev–Trinajstić information content (AvgIpc) is 2.06. The second-order valence-corrected chi connectivity index (χ2v) is 5.20. The minimum atomic E-state index is 0.624. The van der Waals surface area contributed by atoms with Crippen LogP contribution in [0.2, 0.25) is 5.02 Å². The highest BCUT2D eigenvalue weighted by atomic mass is 35.5. The lowest BCUT2D eigenvalue weighted by Crippen LogP contribution is -1.94. The van der Waals surface area contributed by atoms with Crippen LogP contribution in [0.4, 0.5) is 5.69 Å². The third-order valence-corrected chi connectivity index (χ3v) is 3.06. The Morgan fingerprint density at radius 3 is 2.77 bits per heavy atom. The van der Waals surface area contributed by atoms with Gasteiger partial charge >= 0.3 is 0 Å². The second-order valence-electron chi connectivity index (χ2n) is 3.20. The van der Waals surface area contributed by atoms with E-state index in [1.165, 1.54) is 0 Å². The minimum Gasteiger partial charge on any atom is -0.398 e. The molecule has 0 unspecified atom stereocenters. The van der Waals surface area contributed by atoms with Crippen molar-refractivity contribution in [1.82, 2.24) is 0 Å². The molecule has 1 aromatic carbocycles. The summed E-state index contributed by atoms with van der Waals surface area (Å²) < 4.78 is 0. The quantitative estimate of drug-likeness (QED) is 0.781. The van der Waals surface area contributed by atoms with E-state index < -0.39 is 0 Å². The largest absolute Gasteiger partial charge is 0.398 e. The van der Waals surface area contributed by atoms with E-state index in [1.54, 1.807) is 0 Å². The zero-order valence-corrected chi connectivity index (χ0v) is 9.45. The van der Waals surface area contributed by atoms with Gasteiger partial charge < -0.3 is 5.73 Å². The molecule has 0 bridgehead atoms. The predicted molar refractivity (Wildman–Crippen MR) is 62.3 cm³/mol. The lowest BCUT2D eigenvalue weighted by molar-refractivity contribution is 1.11. The maximum atomic E-state index is 5.87. The summed E-state index contributed by atoms with van der Waals surface area (Å²) >= 11 is 7.74. The highest BCUT2D eigenvalue weighted by Gasteiger charge is 2.01. The van der Waals surface area contributed by atoms with E-state index >= 15 is 0 Å². The Labute approximate surface area is 88.7 Å². The van der Waals surface area contributed by atoms with E-state index in [0.717, 1.165) is 22.0 Å². The van der Waals surface area contributed by atoms with Gasteiger partial charge in [0.1, 0.15) is 0 Å². The smallest absolute Gasteiger partial charge is 0.0410 e. The van der Waals surface area contributed by atoms with Gasteiger partial charge in [-0.25, -0.2) is 0 Å². The molecule has 0 saturated heterocycles. The fourth-order valence-electron chi connectivity index (χ4n) is 0.956. The van der Waals surface area contributed by atoms with Crippen molar-refractivity contribution in [2.24, 2.45) is 0 Å². The molecule has 0 aliphatic heterocycles. The van der Waals surface area contributed by atoms with Crippen molar-refractivity contribution in [2.45, 2.75) is 24.9 Å². The molecule has 1 aromatic rings. The highest BCUT2D eigenvalue weighted by Crippen LogP contribution is 2.24. The number of hydrogen-bond donors (Lipinski definition) is 1. The highest BCUT2D eigenvalue weighted by molar-refractivity contribution is 7.99. The molecular weight excluding hydrogens is 202 g/mol. The molecule has 0 saturated carbocycles. The molecule has 0 amide bonds. The Hall–Kier alpha value is -0.340. The Balaban J connectivity index is 2.70. The summed E-state index contributed by atoms with van der Waals surface area (Å²) in [7, 11) is 0. The van der Waals surface area contributed by atoms with E-state index in [9.17, 15) is 0 Å². The zero-order valence-electron chi connectivity index (χ0n) is 7.88. The van der Waals surface area contributed by atoms with Crippen LogP contribution in [0.3, 0.4) is 0 Å². The van der Waals surface area contributed by atoms with Crippen molar-refractivity contribution >= 4 is 29.1 Å². The summed E-state index contributed by atoms with van der Waals surface area (Å²) in [6.45, 7) is 4.34. The summed E-state index contributed by atoms with van der Waals surface area (Å²) in [5.41, 5.74) is 7.77. The van der Waals surface area contributed by atoms with Crippen LogP contribution < -0.4 is 5.73 Å². The maximum Gasteiger partial charge on any atom is 0.0410 e. The molecule has 0 heterocycles. The van der Waals surface area contributed by atoms with Crippen molar-refractivity contribution in [2.75, 3.05) is 5.73 Å². The van der Waals surface area contributed by atoms with Crippen LogP contribution in [0.25, 0.3) is 0 Å². The number of nitrogen functional groups attached to an aromatic ring is 1. The molecule has 3 heteroatoms. The maximum absolute atomic E-state index is 5.87. The summed E-state index contributed by atoms with van der Waals surface area (Å²) in [5, 5.41) is 1.38. The Morgan fingerprint density at radius 2 is 2.15 bits per heavy atom. The van der Waals surface area contributed by atoms with Crippen LogP contribution in [0, 0.1) is 0 Å². The summed E-state index contributed by atoms with van der Waals surface area (Å²) in [5.74, 6) is 0.935. The number of nitrogens with two attached hydrogens (primary N) is 1. The normalized spacial score (nSPS) is 10.8. The van der Waals surface area contributed by atoms with Gasteiger partial charge in [-0.2, -0.15) is 11.8 Å². The standard InChI is InChI=1S/C10H14ClNS/c1-7(2)13-6-8-5-9(11)3-4-10(8)12/h3-5,7H,6,12H2,1-2H3. The lowest BCUT2D eigenvalue weighted by atomic mass is 10.2. The van der Waals surface area contributed by atoms with Gasteiger partial charge in [0, 0.05) is 16.5 Å².